The molecule has 0 spiro atoms. The minimum absolute atomic E-state index is 0.0469. The van der Waals surface area contributed by atoms with Crippen LogP contribution in [-0.2, 0) is 0 Å². The molecule has 1 saturated heterocycles. The highest BCUT2D eigenvalue weighted by atomic mass is 32.1. The molecule has 2 heterocycles. The predicted octanol–water partition coefficient (Wildman–Crippen LogP) is 4.43. The number of nitrogens with zero attached hydrogens (tertiary/aromatic N) is 2. The SMILES string of the molecule is CC1CCN(C(CNC(=O)c2ccc(NC3CC3)c([N+](=O)[O-])c2)c2cccs2)CC1. The van der Waals surface area contributed by atoms with E-state index in [4.69, 9.17) is 0 Å². The van der Waals surface area contributed by atoms with Gasteiger partial charge in [-0.3, -0.25) is 19.8 Å². The maximum Gasteiger partial charge on any atom is 0.293 e. The lowest BCUT2D eigenvalue weighted by Crippen LogP contribution is -2.41. The number of anilines is 1. The fraction of sp³-hybridized carbons (Fsp3) is 0.500. The van der Waals surface area contributed by atoms with Crippen LogP contribution in [0.4, 0.5) is 11.4 Å². The summed E-state index contributed by atoms with van der Waals surface area (Å²) < 4.78 is 0. The number of thiophene rings is 1. The fourth-order valence-electron chi connectivity index (χ4n) is 3.92. The lowest BCUT2D eigenvalue weighted by molar-refractivity contribution is -0.384. The first-order chi connectivity index (χ1) is 14.5. The molecule has 7 nitrogen and oxygen atoms in total. The molecule has 1 unspecified atom stereocenters. The summed E-state index contributed by atoms with van der Waals surface area (Å²) in [5.74, 6) is 0.464. The van der Waals surface area contributed by atoms with Gasteiger partial charge in [-0.05, 0) is 68.3 Å². The van der Waals surface area contributed by atoms with E-state index in [1.807, 2.05) is 6.07 Å². The second kappa shape index (κ2) is 9.14. The summed E-state index contributed by atoms with van der Waals surface area (Å²) in [5, 5.41) is 19.7. The molecule has 8 heteroatoms. The van der Waals surface area contributed by atoms with E-state index >= 15 is 0 Å². The topological polar surface area (TPSA) is 87.5 Å². The largest absolute Gasteiger partial charge is 0.377 e. The van der Waals surface area contributed by atoms with Crippen molar-refractivity contribution in [1.82, 2.24) is 10.2 Å². The van der Waals surface area contributed by atoms with Gasteiger partial charge in [-0.15, -0.1) is 11.3 Å². The number of amides is 1. The molecule has 2 aliphatic rings. The Bertz CT molecular complexity index is 890. The van der Waals surface area contributed by atoms with Crippen molar-refractivity contribution < 1.29 is 9.72 Å². The number of nitro benzene ring substituents is 1. The molecule has 1 atom stereocenters. The van der Waals surface area contributed by atoms with Crippen LogP contribution in [-0.4, -0.2) is 41.4 Å². The molecule has 0 bridgehead atoms. The maximum atomic E-state index is 12.8. The van der Waals surface area contributed by atoms with Crippen molar-refractivity contribution >= 4 is 28.6 Å². The Hall–Kier alpha value is -2.45. The Balaban J connectivity index is 1.45. The predicted molar refractivity (Wildman–Crippen MR) is 119 cm³/mol. The van der Waals surface area contributed by atoms with Crippen LogP contribution >= 0.6 is 11.3 Å². The van der Waals surface area contributed by atoms with Gasteiger partial charge in [0.25, 0.3) is 11.6 Å². The van der Waals surface area contributed by atoms with Crippen LogP contribution in [0.15, 0.2) is 35.7 Å². The molecule has 1 aromatic heterocycles. The number of hydrogen-bond acceptors (Lipinski definition) is 6. The van der Waals surface area contributed by atoms with Crippen molar-refractivity contribution in [1.29, 1.82) is 0 Å². The summed E-state index contributed by atoms with van der Waals surface area (Å²) in [4.78, 5) is 27.5. The molecule has 2 N–H and O–H groups in total. The fourth-order valence-corrected chi connectivity index (χ4v) is 4.78. The van der Waals surface area contributed by atoms with E-state index in [2.05, 4.69) is 33.9 Å². The zero-order valence-corrected chi connectivity index (χ0v) is 18.0. The van der Waals surface area contributed by atoms with E-state index in [1.54, 1.807) is 23.5 Å². The minimum Gasteiger partial charge on any atom is -0.377 e. The van der Waals surface area contributed by atoms with Crippen molar-refractivity contribution in [2.75, 3.05) is 25.0 Å². The third-order valence-corrected chi connectivity index (χ3v) is 6.95. The van der Waals surface area contributed by atoms with Gasteiger partial charge in [-0.2, -0.15) is 0 Å². The number of benzene rings is 1. The minimum atomic E-state index is -0.426. The monoisotopic (exact) mass is 428 g/mol. The summed E-state index contributed by atoms with van der Waals surface area (Å²) in [5.41, 5.74) is 0.757. The van der Waals surface area contributed by atoms with Crippen LogP contribution in [0.1, 0.15) is 53.9 Å². The summed E-state index contributed by atoms with van der Waals surface area (Å²) in [6.45, 7) is 4.82. The van der Waals surface area contributed by atoms with Crippen LogP contribution in [0.3, 0.4) is 0 Å². The summed E-state index contributed by atoms with van der Waals surface area (Å²) in [6, 6.07) is 9.28. The molecule has 2 aromatic rings. The van der Waals surface area contributed by atoms with Gasteiger partial charge in [0.2, 0.25) is 0 Å². The molecule has 160 valence electrons. The number of likely N-dealkylation sites (tertiary alicyclic amines) is 1. The van der Waals surface area contributed by atoms with Gasteiger partial charge in [0.05, 0.1) is 11.0 Å². The molecule has 1 aromatic carbocycles. The quantitative estimate of drug-likeness (QED) is 0.480. The van der Waals surface area contributed by atoms with Gasteiger partial charge in [-0.25, -0.2) is 0 Å². The molecular weight excluding hydrogens is 400 g/mol. The van der Waals surface area contributed by atoms with Crippen molar-refractivity contribution in [2.24, 2.45) is 5.92 Å². The highest BCUT2D eigenvalue weighted by Gasteiger charge is 2.27. The van der Waals surface area contributed by atoms with Gasteiger partial charge in [0.1, 0.15) is 5.69 Å². The highest BCUT2D eigenvalue weighted by Crippen LogP contribution is 2.32. The molecule has 30 heavy (non-hydrogen) atoms. The van der Waals surface area contributed by atoms with Crippen LogP contribution in [0.5, 0.6) is 0 Å². The Morgan fingerprint density at radius 1 is 1.27 bits per heavy atom. The first kappa shape index (κ1) is 20.8. The van der Waals surface area contributed by atoms with Crippen molar-refractivity contribution in [3.05, 3.63) is 56.3 Å². The Labute approximate surface area is 180 Å². The number of rotatable bonds is 8. The van der Waals surface area contributed by atoms with Gasteiger partial charge in [0, 0.05) is 29.1 Å². The second-order valence-electron chi connectivity index (χ2n) is 8.37. The van der Waals surface area contributed by atoms with E-state index in [0.29, 0.717) is 23.8 Å². The van der Waals surface area contributed by atoms with Gasteiger partial charge in [0.15, 0.2) is 0 Å². The first-order valence-electron chi connectivity index (χ1n) is 10.6. The Morgan fingerprint density at radius 2 is 2.03 bits per heavy atom. The van der Waals surface area contributed by atoms with Gasteiger partial charge in [-0.1, -0.05) is 13.0 Å². The van der Waals surface area contributed by atoms with Gasteiger partial charge >= 0.3 is 0 Å². The number of carbonyl (C=O) groups excluding carboxylic acids is 1. The van der Waals surface area contributed by atoms with Gasteiger partial charge < -0.3 is 10.6 Å². The molecular formula is C22H28N4O3S. The molecule has 1 aliphatic carbocycles. The standard InChI is InChI=1S/C22H28N4O3S/c1-15-8-10-25(11-9-15)20(21-3-2-12-30-21)14-23-22(27)16-4-7-18(24-17-5-6-17)19(13-16)26(28)29/h2-4,7,12-13,15,17,20,24H,5-6,8-11,14H2,1H3,(H,23,27). The Morgan fingerprint density at radius 3 is 2.67 bits per heavy atom. The van der Waals surface area contributed by atoms with Crippen molar-refractivity contribution in [3.63, 3.8) is 0 Å². The molecule has 4 rings (SSSR count). The third-order valence-electron chi connectivity index (χ3n) is 5.98. The van der Waals surface area contributed by atoms with E-state index < -0.39 is 4.92 Å². The lowest BCUT2D eigenvalue weighted by Gasteiger charge is -2.36. The smallest absolute Gasteiger partial charge is 0.293 e. The molecule has 0 radical (unpaired) electrons. The van der Waals surface area contributed by atoms with Crippen LogP contribution in [0.2, 0.25) is 0 Å². The number of carbonyl (C=O) groups is 1. The molecule has 1 saturated carbocycles. The summed E-state index contributed by atoms with van der Waals surface area (Å²) >= 11 is 1.70. The molecule has 1 aliphatic heterocycles. The summed E-state index contributed by atoms with van der Waals surface area (Å²) in [7, 11) is 0. The molecule has 1 amide bonds. The van der Waals surface area contributed by atoms with E-state index in [9.17, 15) is 14.9 Å². The van der Waals surface area contributed by atoms with E-state index in [1.165, 1.54) is 10.9 Å². The van der Waals surface area contributed by atoms with Crippen molar-refractivity contribution in [2.45, 2.75) is 44.7 Å². The zero-order valence-electron chi connectivity index (χ0n) is 17.2. The second-order valence-corrected chi connectivity index (χ2v) is 9.35. The van der Waals surface area contributed by atoms with Crippen LogP contribution in [0, 0.1) is 16.0 Å². The number of nitro groups is 1. The molecule has 2 fully saturated rings. The third kappa shape index (κ3) is 4.99. The average molecular weight is 429 g/mol. The average Bonchev–Trinajstić information content (AvgIpc) is 3.39. The zero-order chi connectivity index (χ0) is 21.1. The van der Waals surface area contributed by atoms with Crippen LogP contribution in [0.25, 0.3) is 0 Å². The lowest BCUT2D eigenvalue weighted by atomic mass is 9.97. The number of hydrogen-bond donors (Lipinski definition) is 2. The summed E-state index contributed by atoms with van der Waals surface area (Å²) in [6.07, 6.45) is 4.38. The van der Waals surface area contributed by atoms with Crippen molar-refractivity contribution in [3.8, 4) is 0 Å². The number of piperidine rings is 1. The Kier molecular flexibility index (Phi) is 6.34. The van der Waals surface area contributed by atoms with E-state index in [-0.39, 0.29) is 17.6 Å². The normalized spacial score (nSPS) is 18.7. The first-order valence-corrected chi connectivity index (χ1v) is 11.5. The van der Waals surface area contributed by atoms with E-state index in [0.717, 1.165) is 44.7 Å². The number of nitrogens with one attached hydrogen (secondary N) is 2. The van der Waals surface area contributed by atoms with Crippen LogP contribution < -0.4 is 10.6 Å². The maximum absolute atomic E-state index is 12.8. The highest BCUT2D eigenvalue weighted by molar-refractivity contribution is 7.10.